The summed E-state index contributed by atoms with van der Waals surface area (Å²) in [5, 5.41) is 10.2. The Morgan fingerprint density at radius 3 is 2.62 bits per heavy atom. The van der Waals surface area contributed by atoms with E-state index in [4.69, 9.17) is 5.11 Å². The van der Waals surface area contributed by atoms with Crippen LogP contribution in [0.3, 0.4) is 0 Å². The first-order valence-electron chi connectivity index (χ1n) is 7.23. The number of nitrogens with zero attached hydrogens (tertiary/aromatic N) is 1. The molecule has 0 fully saturated rings. The molecule has 3 rings (SSSR count). The molecule has 0 spiro atoms. The van der Waals surface area contributed by atoms with Gasteiger partial charge in [0, 0.05) is 30.2 Å². The highest BCUT2D eigenvalue weighted by Crippen LogP contribution is 2.28. The zero-order valence-corrected chi connectivity index (χ0v) is 12.2. The zero-order valence-electron chi connectivity index (χ0n) is 12.2. The van der Waals surface area contributed by atoms with Crippen LogP contribution < -0.4 is 0 Å². The molecule has 0 unspecified atom stereocenters. The summed E-state index contributed by atoms with van der Waals surface area (Å²) in [6.45, 7) is 1.75. The van der Waals surface area contributed by atoms with Crippen molar-refractivity contribution in [2.75, 3.05) is 20.2 Å². The molecule has 0 aliphatic carbocycles. The molecule has 0 saturated heterocycles. The highest BCUT2D eigenvalue weighted by molar-refractivity contribution is 5.95. The number of benzene rings is 2. The lowest BCUT2D eigenvalue weighted by Gasteiger charge is -2.15. The van der Waals surface area contributed by atoms with Crippen LogP contribution in [0.5, 0.6) is 0 Å². The van der Waals surface area contributed by atoms with Crippen LogP contribution in [-0.2, 0) is 6.54 Å². The Kier molecular flexibility index (Phi) is 4.04. The van der Waals surface area contributed by atoms with Crippen LogP contribution in [0.25, 0.3) is 22.0 Å². The second kappa shape index (κ2) is 6.12. The van der Waals surface area contributed by atoms with Crippen LogP contribution in [0.2, 0.25) is 0 Å². The molecule has 108 valence electrons. The molecule has 3 heteroatoms. The van der Waals surface area contributed by atoms with Crippen LogP contribution in [0, 0.1) is 0 Å². The minimum atomic E-state index is 0.198. The Morgan fingerprint density at radius 1 is 1.05 bits per heavy atom. The van der Waals surface area contributed by atoms with Gasteiger partial charge in [0.15, 0.2) is 0 Å². The number of fused-ring (bicyclic) bond motifs is 1. The number of aliphatic hydroxyl groups is 1. The SMILES string of the molecule is CN(CCO)Cc1ccc(-c2cccc3[nH]ccc23)cc1. The first-order chi connectivity index (χ1) is 10.3. The van der Waals surface area contributed by atoms with Gasteiger partial charge in [0.25, 0.3) is 0 Å². The van der Waals surface area contributed by atoms with Gasteiger partial charge in [-0.25, -0.2) is 0 Å². The Morgan fingerprint density at radius 2 is 1.86 bits per heavy atom. The van der Waals surface area contributed by atoms with Gasteiger partial charge >= 0.3 is 0 Å². The lowest BCUT2D eigenvalue weighted by Crippen LogP contribution is -2.21. The average Bonchev–Trinajstić information content (AvgIpc) is 2.97. The molecule has 2 aromatic carbocycles. The van der Waals surface area contributed by atoms with Gasteiger partial charge in [0.05, 0.1) is 6.61 Å². The highest BCUT2D eigenvalue weighted by atomic mass is 16.3. The number of aromatic nitrogens is 1. The first kappa shape index (κ1) is 13.9. The summed E-state index contributed by atoms with van der Waals surface area (Å²) >= 11 is 0. The van der Waals surface area contributed by atoms with Crippen molar-refractivity contribution in [3.05, 3.63) is 60.3 Å². The molecule has 3 aromatic rings. The normalized spacial score (nSPS) is 11.4. The van der Waals surface area contributed by atoms with Crippen LogP contribution in [0.1, 0.15) is 5.56 Å². The molecule has 3 nitrogen and oxygen atoms in total. The van der Waals surface area contributed by atoms with Crippen molar-refractivity contribution >= 4 is 10.9 Å². The minimum Gasteiger partial charge on any atom is -0.395 e. The zero-order chi connectivity index (χ0) is 14.7. The Balaban J connectivity index is 1.85. The third-order valence-corrected chi connectivity index (χ3v) is 3.79. The van der Waals surface area contributed by atoms with Crippen molar-refractivity contribution in [1.29, 1.82) is 0 Å². The fraction of sp³-hybridized carbons (Fsp3) is 0.222. The molecule has 0 amide bonds. The lowest BCUT2D eigenvalue weighted by molar-refractivity contribution is 0.217. The number of hydrogen-bond acceptors (Lipinski definition) is 2. The predicted molar refractivity (Wildman–Crippen MR) is 87.2 cm³/mol. The molecule has 0 atom stereocenters. The summed E-state index contributed by atoms with van der Waals surface area (Å²) in [4.78, 5) is 5.36. The molecule has 0 aliphatic heterocycles. The fourth-order valence-electron chi connectivity index (χ4n) is 2.69. The molecule has 2 N–H and O–H groups in total. The second-order valence-electron chi connectivity index (χ2n) is 5.40. The second-order valence-corrected chi connectivity index (χ2v) is 5.40. The van der Waals surface area contributed by atoms with Gasteiger partial charge in [-0.1, -0.05) is 36.4 Å². The molecule has 0 radical (unpaired) electrons. The number of aromatic amines is 1. The number of nitrogens with one attached hydrogen (secondary N) is 1. The fourth-order valence-corrected chi connectivity index (χ4v) is 2.69. The van der Waals surface area contributed by atoms with Crippen LogP contribution in [-0.4, -0.2) is 35.2 Å². The van der Waals surface area contributed by atoms with E-state index in [0.29, 0.717) is 6.54 Å². The smallest absolute Gasteiger partial charge is 0.0558 e. The van der Waals surface area contributed by atoms with Crippen molar-refractivity contribution in [3.63, 3.8) is 0 Å². The Bertz CT molecular complexity index is 715. The first-order valence-corrected chi connectivity index (χ1v) is 7.23. The standard InChI is InChI=1S/C18H20N2O/c1-20(11-12-21)13-14-5-7-15(8-6-14)16-3-2-4-18-17(16)9-10-19-18/h2-10,19,21H,11-13H2,1H3. The van der Waals surface area contributed by atoms with Gasteiger partial charge in [-0.15, -0.1) is 0 Å². The molecule has 0 saturated carbocycles. The van der Waals surface area contributed by atoms with E-state index in [2.05, 4.69) is 58.4 Å². The summed E-state index contributed by atoms with van der Waals surface area (Å²) < 4.78 is 0. The summed E-state index contributed by atoms with van der Waals surface area (Å²) in [5.41, 5.74) is 4.91. The third-order valence-electron chi connectivity index (χ3n) is 3.79. The van der Waals surface area contributed by atoms with Crippen molar-refractivity contribution in [2.24, 2.45) is 0 Å². The predicted octanol–water partition coefficient (Wildman–Crippen LogP) is 3.26. The molecule has 1 heterocycles. The number of aliphatic hydroxyl groups excluding tert-OH is 1. The van der Waals surface area contributed by atoms with E-state index in [-0.39, 0.29) is 6.61 Å². The van der Waals surface area contributed by atoms with Crippen LogP contribution >= 0.6 is 0 Å². The summed E-state index contributed by atoms with van der Waals surface area (Å²) in [7, 11) is 2.02. The number of likely N-dealkylation sites (N-methyl/N-ethyl adjacent to an activating group) is 1. The van der Waals surface area contributed by atoms with E-state index < -0.39 is 0 Å². The van der Waals surface area contributed by atoms with Crippen molar-refractivity contribution in [2.45, 2.75) is 6.54 Å². The minimum absolute atomic E-state index is 0.198. The van der Waals surface area contributed by atoms with Gasteiger partial charge in [-0.2, -0.15) is 0 Å². The monoisotopic (exact) mass is 280 g/mol. The molecular weight excluding hydrogens is 260 g/mol. The van der Waals surface area contributed by atoms with E-state index in [1.807, 2.05) is 13.2 Å². The molecule has 1 aromatic heterocycles. The highest BCUT2D eigenvalue weighted by Gasteiger charge is 2.05. The molecule has 21 heavy (non-hydrogen) atoms. The molecule has 0 bridgehead atoms. The number of H-pyrrole nitrogens is 1. The van der Waals surface area contributed by atoms with E-state index in [9.17, 15) is 0 Å². The number of hydrogen-bond donors (Lipinski definition) is 2. The van der Waals surface area contributed by atoms with Gasteiger partial charge < -0.3 is 10.1 Å². The van der Waals surface area contributed by atoms with E-state index in [1.165, 1.54) is 27.6 Å². The Labute approximate surface area is 124 Å². The molecule has 0 aliphatic rings. The summed E-state index contributed by atoms with van der Waals surface area (Å²) in [5.74, 6) is 0. The maximum atomic E-state index is 8.94. The van der Waals surface area contributed by atoms with Gasteiger partial charge in [-0.05, 0) is 35.9 Å². The topological polar surface area (TPSA) is 39.3 Å². The lowest BCUT2D eigenvalue weighted by atomic mass is 10.0. The third kappa shape index (κ3) is 2.99. The maximum absolute atomic E-state index is 8.94. The Hall–Kier alpha value is -2.10. The van der Waals surface area contributed by atoms with Crippen molar-refractivity contribution in [1.82, 2.24) is 9.88 Å². The van der Waals surface area contributed by atoms with E-state index in [0.717, 1.165) is 6.54 Å². The van der Waals surface area contributed by atoms with Crippen LogP contribution in [0.15, 0.2) is 54.7 Å². The van der Waals surface area contributed by atoms with Gasteiger partial charge in [-0.3, -0.25) is 4.90 Å². The largest absolute Gasteiger partial charge is 0.395 e. The summed E-state index contributed by atoms with van der Waals surface area (Å²) in [6, 6.07) is 17.1. The van der Waals surface area contributed by atoms with E-state index in [1.54, 1.807) is 0 Å². The van der Waals surface area contributed by atoms with E-state index >= 15 is 0 Å². The molecular formula is C18H20N2O. The summed E-state index contributed by atoms with van der Waals surface area (Å²) in [6.07, 6.45) is 1.98. The number of rotatable bonds is 5. The quantitative estimate of drug-likeness (QED) is 0.753. The average molecular weight is 280 g/mol. The van der Waals surface area contributed by atoms with Crippen LogP contribution in [0.4, 0.5) is 0 Å². The maximum Gasteiger partial charge on any atom is 0.0558 e. The van der Waals surface area contributed by atoms with Gasteiger partial charge in [0.1, 0.15) is 0 Å². The van der Waals surface area contributed by atoms with Crippen molar-refractivity contribution in [3.8, 4) is 11.1 Å². The van der Waals surface area contributed by atoms with Crippen molar-refractivity contribution < 1.29 is 5.11 Å². The van der Waals surface area contributed by atoms with Gasteiger partial charge in [0.2, 0.25) is 0 Å².